The average Bonchev–Trinajstić information content (AvgIpc) is 3.25. The van der Waals surface area contributed by atoms with E-state index in [0.29, 0.717) is 28.7 Å². The fraction of sp³-hybridized carbons (Fsp3) is 0.292. The molecule has 2 heterocycles. The molecule has 1 aliphatic heterocycles. The largest absolute Gasteiger partial charge is 0.493 e. The van der Waals surface area contributed by atoms with Gasteiger partial charge >= 0.3 is 5.97 Å². The van der Waals surface area contributed by atoms with Crippen LogP contribution in [0, 0.1) is 0 Å². The fourth-order valence-electron chi connectivity index (χ4n) is 3.67. The summed E-state index contributed by atoms with van der Waals surface area (Å²) >= 11 is 0. The van der Waals surface area contributed by atoms with Gasteiger partial charge in [0.15, 0.2) is 11.5 Å². The molecule has 4 rings (SSSR count). The normalized spacial score (nSPS) is 15.2. The maximum Gasteiger partial charge on any atom is 0.338 e. The first-order chi connectivity index (χ1) is 15.5. The molecular formula is C24H26N4O4. The Balaban J connectivity index is 1.70. The predicted molar refractivity (Wildman–Crippen MR) is 119 cm³/mol. The van der Waals surface area contributed by atoms with Crippen molar-refractivity contribution in [3.05, 3.63) is 77.3 Å². The van der Waals surface area contributed by atoms with Gasteiger partial charge in [-0.3, -0.25) is 0 Å². The number of fused-ring (bicyclic) bond motifs is 1. The van der Waals surface area contributed by atoms with Gasteiger partial charge < -0.3 is 19.5 Å². The Kier molecular flexibility index (Phi) is 6.11. The molecule has 1 atom stereocenters. The van der Waals surface area contributed by atoms with E-state index in [1.165, 1.54) is 6.33 Å². The van der Waals surface area contributed by atoms with Gasteiger partial charge in [0.05, 0.1) is 18.8 Å². The van der Waals surface area contributed by atoms with Crippen molar-refractivity contribution in [1.29, 1.82) is 0 Å². The van der Waals surface area contributed by atoms with Crippen LogP contribution in [0.1, 0.15) is 37.9 Å². The zero-order valence-corrected chi connectivity index (χ0v) is 18.5. The number of methoxy groups -OCH3 is 1. The van der Waals surface area contributed by atoms with Crippen LogP contribution in [0.5, 0.6) is 11.5 Å². The number of aromatic nitrogens is 3. The van der Waals surface area contributed by atoms with Crippen molar-refractivity contribution >= 4 is 11.9 Å². The summed E-state index contributed by atoms with van der Waals surface area (Å²) in [5, 5.41) is 7.50. The van der Waals surface area contributed by atoms with E-state index in [1.54, 1.807) is 11.8 Å². The first kappa shape index (κ1) is 21.4. The summed E-state index contributed by atoms with van der Waals surface area (Å²) < 4.78 is 18.7. The third-order valence-corrected chi connectivity index (χ3v) is 5.09. The number of benzene rings is 2. The van der Waals surface area contributed by atoms with Crippen molar-refractivity contribution in [1.82, 2.24) is 14.8 Å². The SMILES string of the molecule is COc1cc(C2C(C(=O)OCc3ccccc3)=C(C)Nc3ncnn32)ccc1OC(C)C. The van der Waals surface area contributed by atoms with Gasteiger partial charge in [-0.25, -0.2) is 9.48 Å². The second kappa shape index (κ2) is 9.13. The smallest absolute Gasteiger partial charge is 0.338 e. The molecule has 1 aromatic heterocycles. The standard InChI is InChI=1S/C24H26N4O4/c1-15(2)32-19-11-10-18(12-20(19)30-4)22-21(16(3)27-24-25-14-26-28(22)24)23(29)31-13-17-8-6-5-7-9-17/h5-12,14-15,22H,13H2,1-4H3,(H,25,26,27). The lowest BCUT2D eigenvalue weighted by molar-refractivity contribution is -0.140. The summed E-state index contributed by atoms with van der Waals surface area (Å²) in [6.07, 6.45) is 1.45. The molecular weight excluding hydrogens is 408 g/mol. The Morgan fingerprint density at radius 1 is 1.16 bits per heavy atom. The van der Waals surface area contributed by atoms with Crippen molar-refractivity contribution in [2.24, 2.45) is 0 Å². The molecule has 166 valence electrons. The minimum Gasteiger partial charge on any atom is -0.493 e. The molecule has 8 nitrogen and oxygen atoms in total. The quantitative estimate of drug-likeness (QED) is 0.560. The Morgan fingerprint density at radius 3 is 2.66 bits per heavy atom. The molecule has 2 aromatic carbocycles. The summed E-state index contributed by atoms with van der Waals surface area (Å²) in [5.41, 5.74) is 2.84. The van der Waals surface area contributed by atoms with Gasteiger partial charge in [0.1, 0.15) is 19.0 Å². The van der Waals surface area contributed by atoms with Gasteiger partial charge in [-0.15, -0.1) is 0 Å². The van der Waals surface area contributed by atoms with Gasteiger partial charge in [-0.1, -0.05) is 36.4 Å². The number of ether oxygens (including phenoxy) is 3. The van der Waals surface area contributed by atoms with Crippen molar-refractivity contribution in [2.45, 2.75) is 39.5 Å². The summed E-state index contributed by atoms with van der Waals surface area (Å²) in [6, 6.07) is 14.6. The Bertz CT molecular complexity index is 1140. The van der Waals surface area contributed by atoms with Gasteiger partial charge in [0, 0.05) is 5.70 Å². The van der Waals surface area contributed by atoms with Crippen LogP contribution in [-0.4, -0.2) is 33.9 Å². The molecule has 0 saturated heterocycles. The monoisotopic (exact) mass is 434 g/mol. The summed E-state index contributed by atoms with van der Waals surface area (Å²) in [4.78, 5) is 17.5. The maximum absolute atomic E-state index is 13.2. The molecule has 1 N–H and O–H groups in total. The third-order valence-electron chi connectivity index (χ3n) is 5.09. The molecule has 0 amide bonds. The first-order valence-electron chi connectivity index (χ1n) is 10.4. The highest BCUT2D eigenvalue weighted by atomic mass is 16.5. The van der Waals surface area contributed by atoms with Gasteiger partial charge in [-0.05, 0) is 44.0 Å². The van der Waals surface area contributed by atoms with Crippen LogP contribution in [0.4, 0.5) is 5.95 Å². The van der Waals surface area contributed by atoms with E-state index in [4.69, 9.17) is 14.2 Å². The number of nitrogens with one attached hydrogen (secondary N) is 1. The van der Waals surface area contributed by atoms with Crippen molar-refractivity contribution in [2.75, 3.05) is 12.4 Å². The van der Waals surface area contributed by atoms with Crippen LogP contribution in [0.2, 0.25) is 0 Å². The van der Waals surface area contributed by atoms with Crippen LogP contribution in [0.3, 0.4) is 0 Å². The summed E-state index contributed by atoms with van der Waals surface area (Å²) in [7, 11) is 1.59. The number of anilines is 1. The topological polar surface area (TPSA) is 87.5 Å². The fourth-order valence-corrected chi connectivity index (χ4v) is 3.67. The molecule has 0 spiro atoms. The molecule has 32 heavy (non-hydrogen) atoms. The number of nitrogens with zero attached hydrogens (tertiary/aromatic N) is 3. The Morgan fingerprint density at radius 2 is 1.94 bits per heavy atom. The number of esters is 1. The highest BCUT2D eigenvalue weighted by Gasteiger charge is 2.35. The number of carbonyl (C=O) groups is 1. The van der Waals surface area contributed by atoms with Crippen molar-refractivity contribution in [3.8, 4) is 11.5 Å². The van der Waals surface area contributed by atoms with E-state index >= 15 is 0 Å². The number of carbonyl (C=O) groups excluding carboxylic acids is 1. The molecule has 3 aromatic rings. The number of hydrogen-bond donors (Lipinski definition) is 1. The highest BCUT2D eigenvalue weighted by Crippen LogP contribution is 2.39. The molecule has 0 fully saturated rings. The second-order valence-corrected chi connectivity index (χ2v) is 7.73. The maximum atomic E-state index is 13.2. The summed E-state index contributed by atoms with van der Waals surface area (Å²) in [6.45, 7) is 5.92. The van der Waals surface area contributed by atoms with E-state index in [1.807, 2.05) is 69.3 Å². The van der Waals surface area contributed by atoms with Crippen LogP contribution in [0.25, 0.3) is 0 Å². The molecule has 8 heteroatoms. The van der Waals surface area contributed by atoms with Crippen LogP contribution in [-0.2, 0) is 16.1 Å². The number of allylic oxidation sites excluding steroid dienone is 1. The van der Waals surface area contributed by atoms with Crippen LogP contribution in [0.15, 0.2) is 66.1 Å². The molecule has 0 aliphatic carbocycles. The van der Waals surface area contributed by atoms with Gasteiger partial charge in [-0.2, -0.15) is 10.1 Å². The Hall–Kier alpha value is -3.81. The van der Waals surface area contributed by atoms with E-state index in [0.717, 1.165) is 11.1 Å². The number of hydrogen-bond acceptors (Lipinski definition) is 7. The van der Waals surface area contributed by atoms with Gasteiger partial charge in [0.25, 0.3) is 0 Å². The van der Waals surface area contributed by atoms with Crippen LogP contribution < -0.4 is 14.8 Å². The zero-order valence-electron chi connectivity index (χ0n) is 18.5. The lowest BCUT2D eigenvalue weighted by atomic mass is 9.95. The summed E-state index contributed by atoms with van der Waals surface area (Å²) in [5.74, 6) is 1.33. The average molecular weight is 434 g/mol. The minimum absolute atomic E-state index is 0.00112. The molecule has 1 aliphatic rings. The molecule has 0 saturated carbocycles. The van der Waals surface area contributed by atoms with Crippen LogP contribution >= 0.6 is 0 Å². The lowest BCUT2D eigenvalue weighted by Gasteiger charge is -2.28. The Labute approximate surface area is 186 Å². The molecule has 0 radical (unpaired) electrons. The van der Waals surface area contributed by atoms with E-state index < -0.39 is 12.0 Å². The van der Waals surface area contributed by atoms with Crippen molar-refractivity contribution < 1.29 is 19.0 Å². The predicted octanol–water partition coefficient (Wildman–Crippen LogP) is 4.11. The third kappa shape index (κ3) is 4.30. The van der Waals surface area contributed by atoms with Crippen molar-refractivity contribution in [3.63, 3.8) is 0 Å². The first-order valence-corrected chi connectivity index (χ1v) is 10.4. The molecule has 0 bridgehead atoms. The zero-order chi connectivity index (χ0) is 22.7. The van der Waals surface area contributed by atoms with E-state index in [-0.39, 0.29) is 12.7 Å². The van der Waals surface area contributed by atoms with Gasteiger partial charge in [0.2, 0.25) is 5.95 Å². The lowest BCUT2D eigenvalue weighted by Crippen LogP contribution is -2.29. The second-order valence-electron chi connectivity index (χ2n) is 7.73. The minimum atomic E-state index is -0.529. The van der Waals surface area contributed by atoms with E-state index in [9.17, 15) is 4.79 Å². The number of rotatable bonds is 7. The van der Waals surface area contributed by atoms with E-state index in [2.05, 4.69) is 15.4 Å². The highest BCUT2D eigenvalue weighted by molar-refractivity contribution is 5.92. The molecule has 1 unspecified atom stereocenters.